The summed E-state index contributed by atoms with van der Waals surface area (Å²) < 4.78 is 6.09. The number of hydrogen-bond donors (Lipinski definition) is 0. The maximum absolute atomic E-state index is 6.09. The van der Waals surface area contributed by atoms with E-state index in [0.29, 0.717) is 0 Å². The maximum atomic E-state index is 6.09. The fourth-order valence-corrected chi connectivity index (χ4v) is 3.38. The molecule has 0 saturated carbocycles. The third-order valence-corrected chi connectivity index (χ3v) is 4.68. The molecule has 0 fully saturated rings. The molecule has 138 valence electrons. The van der Waals surface area contributed by atoms with Gasteiger partial charge in [-0.15, -0.1) is 0 Å². The Morgan fingerprint density at radius 1 is 0.962 bits per heavy atom. The summed E-state index contributed by atoms with van der Waals surface area (Å²) in [6.45, 7) is 6.04. The summed E-state index contributed by atoms with van der Waals surface area (Å²) in [4.78, 5) is 9.25. The number of fused-ring (bicyclic) bond motifs is 1. The van der Waals surface area contributed by atoms with E-state index in [0.717, 1.165) is 56.1 Å². The number of aryl methyl sites for hydroxylation is 1. The van der Waals surface area contributed by atoms with E-state index in [2.05, 4.69) is 66.1 Å². The zero-order chi connectivity index (χ0) is 18.4. The third-order valence-electron chi connectivity index (χ3n) is 4.68. The van der Waals surface area contributed by atoms with Crippen molar-refractivity contribution in [3.05, 3.63) is 65.7 Å². The van der Waals surface area contributed by atoms with E-state index in [1.165, 1.54) is 10.9 Å². The fraction of sp³-hybridized carbons (Fsp3) is 0.409. The van der Waals surface area contributed by atoms with Crippen molar-refractivity contribution < 1.29 is 4.42 Å². The van der Waals surface area contributed by atoms with Crippen LogP contribution < -0.4 is 0 Å². The van der Waals surface area contributed by atoms with Crippen LogP contribution in [0.5, 0.6) is 0 Å². The van der Waals surface area contributed by atoms with Gasteiger partial charge in [-0.3, -0.25) is 9.88 Å². The third kappa shape index (κ3) is 4.71. The zero-order valence-electron chi connectivity index (χ0n) is 16.1. The minimum atomic E-state index is 0.858. The van der Waals surface area contributed by atoms with Crippen LogP contribution in [0.15, 0.2) is 53.1 Å². The van der Waals surface area contributed by atoms with Crippen LogP contribution in [-0.4, -0.2) is 42.0 Å². The Labute approximate surface area is 156 Å². The van der Waals surface area contributed by atoms with Crippen molar-refractivity contribution in [1.29, 1.82) is 0 Å². The summed E-state index contributed by atoms with van der Waals surface area (Å²) >= 11 is 0. The number of aromatic nitrogens is 1. The minimum absolute atomic E-state index is 0.858. The predicted octanol–water partition coefficient (Wildman–Crippen LogP) is 4.34. The molecule has 4 nitrogen and oxygen atoms in total. The molecule has 26 heavy (non-hydrogen) atoms. The van der Waals surface area contributed by atoms with Crippen LogP contribution in [0.3, 0.4) is 0 Å². The minimum Gasteiger partial charge on any atom is -0.461 e. The maximum Gasteiger partial charge on any atom is 0.134 e. The highest BCUT2D eigenvalue weighted by molar-refractivity contribution is 5.82. The van der Waals surface area contributed by atoms with Crippen LogP contribution in [-0.2, 0) is 19.5 Å². The van der Waals surface area contributed by atoms with Crippen molar-refractivity contribution in [2.24, 2.45) is 0 Å². The first-order chi connectivity index (χ1) is 12.7. The average Bonchev–Trinajstić information content (AvgIpc) is 3.00. The van der Waals surface area contributed by atoms with E-state index in [1.807, 2.05) is 18.3 Å². The largest absolute Gasteiger partial charge is 0.461 e. The van der Waals surface area contributed by atoms with Crippen LogP contribution in [0.2, 0.25) is 0 Å². The fourth-order valence-electron chi connectivity index (χ4n) is 3.38. The van der Waals surface area contributed by atoms with Gasteiger partial charge in [0.1, 0.15) is 11.3 Å². The second-order valence-electron chi connectivity index (χ2n) is 7.04. The molecule has 4 heteroatoms. The van der Waals surface area contributed by atoms with Gasteiger partial charge in [0.2, 0.25) is 0 Å². The molecule has 0 aliphatic carbocycles. The summed E-state index contributed by atoms with van der Waals surface area (Å²) in [6.07, 6.45) is 3.92. The quantitative estimate of drug-likeness (QED) is 0.574. The molecule has 0 saturated heterocycles. The lowest BCUT2D eigenvalue weighted by Crippen LogP contribution is -2.27. The van der Waals surface area contributed by atoms with Gasteiger partial charge in [-0.25, -0.2) is 0 Å². The Hall–Kier alpha value is -2.17. The molecule has 1 aromatic carbocycles. The van der Waals surface area contributed by atoms with Gasteiger partial charge in [-0.05, 0) is 45.3 Å². The van der Waals surface area contributed by atoms with Gasteiger partial charge in [0.25, 0.3) is 0 Å². The molecule has 0 bridgehead atoms. The number of nitrogens with zero attached hydrogens (tertiary/aromatic N) is 3. The molecule has 0 spiro atoms. The molecule has 0 aliphatic rings. The van der Waals surface area contributed by atoms with Crippen LogP contribution in [0.4, 0.5) is 0 Å². The Balaban J connectivity index is 1.82. The van der Waals surface area contributed by atoms with Crippen molar-refractivity contribution >= 4 is 11.0 Å². The van der Waals surface area contributed by atoms with Gasteiger partial charge in [0.05, 0.1) is 5.69 Å². The molecule has 3 rings (SSSR count). The zero-order valence-corrected chi connectivity index (χ0v) is 16.1. The van der Waals surface area contributed by atoms with Gasteiger partial charge < -0.3 is 9.32 Å². The van der Waals surface area contributed by atoms with Crippen LogP contribution in [0.1, 0.15) is 30.4 Å². The van der Waals surface area contributed by atoms with Crippen LogP contribution in [0, 0.1) is 0 Å². The number of furan rings is 1. The molecule has 0 unspecified atom stereocenters. The Bertz CT molecular complexity index is 811. The van der Waals surface area contributed by atoms with E-state index in [-0.39, 0.29) is 0 Å². The highest BCUT2D eigenvalue weighted by Gasteiger charge is 2.16. The van der Waals surface area contributed by atoms with E-state index < -0.39 is 0 Å². The van der Waals surface area contributed by atoms with Crippen molar-refractivity contribution in [2.75, 3.05) is 27.2 Å². The van der Waals surface area contributed by atoms with E-state index in [4.69, 9.17) is 4.42 Å². The number of benzene rings is 1. The molecule has 2 heterocycles. The Morgan fingerprint density at radius 3 is 2.50 bits per heavy atom. The smallest absolute Gasteiger partial charge is 0.134 e. The molecule has 0 N–H and O–H groups in total. The SMILES string of the molecule is CCc1oc2ccccc2c1CN(CCCN(C)C)Cc1ccccn1. The summed E-state index contributed by atoms with van der Waals surface area (Å²) in [7, 11) is 4.25. The van der Waals surface area contributed by atoms with Gasteiger partial charge >= 0.3 is 0 Å². The Kier molecular flexibility index (Phi) is 6.42. The number of para-hydroxylation sites is 1. The van der Waals surface area contributed by atoms with E-state index in [1.54, 1.807) is 0 Å². The highest BCUT2D eigenvalue weighted by Crippen LogP contribution is 2.28. The lowest BCUT2D eigenvalue weighted by atomic mass is 10.1. The van der Waals surface area contributed by atoms with Gasteiger partial charge in [-0.1, -0.05) is 31.2 Å². The monoisotopic (exact) mass is 351 g/mol. The lowest BCUT2D eigenvalue weighted by Gasteiger charge is -2.23. The van der Waals surface area contributed by atoms with Crippen molar-refractivity contribution in [1.82, 2.24) is 14.8 Å². The van der Waals surface area contributed by atoms with Crippen molar-refractivity contribution in [3.63, 3.8) is 0 Å². The molecule has 0 radical (unpaired) electrons. The van der Waals surface area contributed by atoms with Crippen molar-refractivity contribution in [2.45, 2.75) is 32.9 Å². The van der Waals surface area contributed by atoms with E-state index in [9.17, 15) is 0 Å². The molecular formula is C22H29N3O. The second-order valence-corrected chi connectivity index (χ2v) is 7.04. The van der Waals surface area contributed by atoms with Gasteiger partial charge in [-0.2, -0.15) is 0 Å². The summed E-state index contributed by atoms with van der Waals surface area (Å²) in [5, 5.41) is 1.24. The lowest BCUT2D eigenvalue weighted by molar-refractivity contribution is 0.236. The first kappa shape index (κ1) is 18.6. The van der Waals surface area contributed by atoms with Crippen LogP contribution >= 0.6 is 0 Å². The number of hydrogen-bond acceptors (Lipinski definition) is 4. The average molecular weight is 351 g/mol. The first-order valence-corrected chi connectivity index (χ1v) is 9.43. The molecule has 3 aromatic rings. The van der Waals surface area contributed by atoms with Crippen molar-refractivity contribution in [3.8, 4) is 0 Å². The number of rotatable bonds is 9. The molecule has 0 aliphatic heterocycles. The number of pyridine rings is 1. The summed E-state index contributed by atoms with van der Waals surface area (Å²) in [5.41, 5.74) is 3.43. The van der Waals surface area contributed by atoms with E-state index >= 15 is 0 Å². The second kappa shape index (κ2) is 8.97. The Morgan fingerprint density at radius 2 is 1.77 bits per heavy atom. The van der Waals surface area contributed by atoms with Crippen LogP contribution in [0.25, 0.3) is 11.0 Å². The molecule has 0 amide bonds. The molecule has 0 atom stereocenters. The molecule has 2 aromatic heterocycles. The topological polar surface area (TPSA) is 32.5 Å². The summed E-state index contributed by atoms with van der Waals surface area (Å²) in [6, 6.07) is 14.5. The van der Waals surface area contributed by atoms with Gasteiger partial charge in [0, 0.05) is 43.2 Å². The first-order valence-electron chi connectivity index (χ1n) is 9.43. The predicted molar refractivity (Wildman–Crippen MR) is 107 cm³/mol. The highest BCUT2D eigenvalue weighted by atomic mass is 16.3. The standard InChI is InChI=1S/C22H29N3O/c1-4-21-20(19-11-5-6-12-22(19)26-21)17-25(15-9-14-24(2)3)16-18-10-7-8-13-23-18/h5-8,10-13H,4,9,14-17H2,1-3H3. The normalized spacial score (nSPS) is 11.7. The van der Waals surface area contributed by atoms with Gasteiger partial charge in [0.15, 0.2) is 0 Å². The molecular weight excluding hydrogens is 322 g/mol. The summed E-state index contributed by atoms with van der Waals surface area (Å²) in [5.74, 6) is 1.10.